The molecule has 8 heteroatoms. The fourth-order valence-electron chi connectivity index (χ4n) is 8.05. The number of fused-ring (bicyclic) bond motifs is 2. The number of benzene rings is 2. The van der Waals surface area contributed by atoms with Crippen LogP contribution in [-0.2, 0) is 10.8 Å². The van der Waals surface area contributed by atoms with Crippen molar-refractivity contribution < 1.29 is 29.2 Å². The molecule has 2 N–H and O–H groups in total. The minimum Gasteiger partial charge on any atom is -0.493 e. The van der Waals surface area contributed by atoms with E-state index in [1.165, 1.54) is 11.1 Å². The molecule has 4 aliphatic rings. The minimum absolute atomic E-state index is 0.0342. The highest BCUT2D eigenvalue weighted by Gasteiger charge is 2.50. The van der Waals surface area contributed by atoms with E-state index in [1.807, 2.05) is 18.2 Å². The van der Waals surface area contributed by atoms with Crippen LogP contribution in [-0.4, -0.2) is 99.9 Å². The quantitative estimate of drug-likeness (QED) is 0.493. The van der Waals surface area contributed by atoms with Crippen molar-refractivity contribution in [3.63, 3.8) is 0 Å². The summed E-state index contributed by atoms with van der Waals surface area (Å²) >= 11 is 0. The van der Waals surface area contributed by atoms with Gasteiger partial charge >= 0.3 is 0 Å². The van der Waals surface area contributed by atoms with E-state index < -0.39 is 0 Å². The molecular weight excluding hydrogens is 532 g/mol. The average molecular weight is 581 g/mol. The van der Waals surface area contributed by atoms with Crippen LogP contribution < -0.4 is 18.9 Å². The molecule has 2 aliphatic carbocycles. The van der Waals surface area contributed by atoms with Gasteiger partial charge in [0.2, 0.25) is 0 Å². The molecule has 42 heavy (non-hydrogen) atoms. The maximum Gasteiger partial charge on any atom is 0.161 e. The first kappa shape index (κ1) is 30.7. The number of rotatable bonds is 6. The molecule has 3 fully saturated rings. The molecule has 0 aromatic heterocycles. The molecule has 6 atom stereocenters. The normalized spacial score (nSPS) is 32.4. The van der Waals surface area contributed by atoms with Crippen molar-refractivity contribution >= 4 is 0 Å². The molecule has 0 amide bonds. The van der Waals surface area contributed by atoms with Crippen molar-refractivity contribution in [2.75, 3.05) is 55.6 Å². The molecule has 0 bridgehead atoms. The molecule has 0 radical (unpaired) electrons. The van der Waals surface area contributed by atoms with Crippen LogP contribution in [0.1, 0.15) is 49.7 Å². The third-order valence-electron chi connectivity index (χ3n) is 10.5. The number of aliphatic hydroxyl groups is 2. The van der Waals surface area contributed by atoms with Crippen molar-refractivity contribution in [3.8, 4) is 23.0 Å². The standard InChI is InChI=1S/C17H25NO3.C17H23NO3/c2*1-18-9-8-17(7-6-13(19)11-16(17)18)12-4-5-14(20-2)15(10-12)21-3/h4-5,10,13,16,19H,6-9,11H2,1-3H3;4-7,10,13,16,19H,8-9,11H2,1-3H3. The summed E-state index contributed by atoms with van der Waals surface area (Å²) in [4.78, 5) is 4.75. The largest absolute Gasteiger partial charge is 0.493 e. The Morgan fingerprint density at radius 2 is 1.26 bits per heavy atom. The Kier molecular flexibility index (Phi) is 9.09. The van der Waals surface area contributed by atoms with Gasteiger partial charge in [-0.15, -0.1) is 0 Å². The number of ether oxygens (including phenoxy) is 4. The van der Waals surface area contributed by atoms with Crippen LogP contribution in [0.5, 0.6) is 23.0 Å². The molecule has 0 spiro atoms. The van der Waals surface area contributed by atoms with E-state index in [1.54, 1.807) is 28.4 Å². The van der Waals surface area contributed by atoms with Gasteiger partial charge in [0, 0.05) is 22.9 Å². The van der Waals surface area contributed by atoms with Crippen molar-refractivity contribution in [2.45, 2.75) is 73.6 Å². The molecule has 2 aromatic rings. The number of hydrogen-bond donors (Lipinski definition) is 2. The lowest BCUT2D eigenvalue weighted by atomic mass is 9.65. The Labute approximate surface area is 250 Å². The van der Waals surface area contributed by atoms with Gasteiger partial charge in [0.25, 0.3) is 0 Å². The monoisotopic (exact) mass is 580 g/mol. The fraction of sp³-hybridized carbons (Fsp3) is 0.588. The van der Waals surface area contributed by atoms with Gasteiger partial charge in [0.05, 0.1) is 40.6 Å². The Balaban J connectivity index is 0.000000168. The first-order chi connectivity index (χ1) is 20.2. The smallest absolute Gasteiger partial charge is 0.161 e. The lowest BCUT2D eigenvalue weighted by Gasteiger charge is -2.43. The van der Waals surface area contributed by atoms with Crippen molar-refractivity contribution in [1.29, 1.82) is 0 Å². The van der Waals surface area contributed by atoms with E-state index >= 15 is 0 Å². The maximum atomic E-state index is 10.0. The molecule has 6 rings (SSSR count). The van der Waals surface area contributed by atoms with E-state index in [2.05, 4.69) is 54.2 Å². The van der Waals surface area contributed by atoms with E-state index in [0.29, 0.717) is 12.1 Å². The van der Waals surface area contributed by atoms with E-state index in [-0.39, 0.29) is 23.0 Å². The predicted molar refractivity (Wildman–Crippen MR) is 164 cm³/mol. The number of hydrogen-bond acceptors (Lipinski definition) is 8. The number of likely N-dealkylation sites (N-methyl/N-ethyl adjacent to an activating group) is 2. The first-order valence-corrected chi connectivity index (χ1v) is 15.1. The zero-order valence-corrected chi connectivity index (χ0v) is 26.0. The summed E-state index contributed by atoms with van der Waals surface area (Å²) in [5.74, 6) is 3.08. The van der Waals surface area contributed by atoms with Gasteiger partial charge in [-0.25, -0.2) is 0 Å². The highest BCUT2D eigenvalue weighted by molar-refractivity contribution is 5.49. The van der Waals surface area contributed by atoms with Gasteiger partial charge in [0.1, 0.15) is 0 Å². The summed E-state index contributed by atoms with van der Waals surface area (Å²) in [7, 11) is 11.0. The average Bonchev–Trinajstić information content (AvgIpc) is 3.53. The molecule has 230 valence electrons. The van der Waals surface area contributed by atoms with E-state index in [0.717, 1.165) is 74.6 Å². The summed E-state index contributed by atoms with van der Waals surface area (Å²) in [5, 5.41) is 20.0. The second-order valence-corrected chi connectivity index (χ2v) is 12.4. The molecule has 6 unspecified atom stereocenters. The molecule has 2 heterocycles. The van der Waals surface area contributed by atoms with Crippen LogP contribution in [0.3, 0.4) is 0 Å². The Morgan fingerprint density at radius 3 is 1.90 bits per heavy atom. The third kappa shape index (κ3) is 5.39. The summed E-state index contributed by atoms with van der Waals surface area (Å²) in [6, 6.07) is 13.2. The van der Waals surface area contributed by atoms with Crippen LogP contribution >= 0.6 is 0 Å². The SMILES string of the molecule is COc1ccc(C23C=CC(O)CC2N(C)CC3)cc1OC.COc1ccc(C23CCC(O)CC2N(C)CC3)cc1OC. The second-order valence-electron chi connectivity index (χ2n) is 12.4. The summed E-state index contributed by atoms with van der Waals surface area (Å²) in [5.41, 5.74) is 2.67. The molecule has 8 nitrogen and oxygen atoms in total. The van der Waals surface area contributed by atoms with Crippen LogP contribution in [0.25, 0.3) is 0 Å². The maximum absolute atomic E-state index is 10.0. The highest BCUT2D eigenvalue weighted by Crippen LogP contribution is 2.50. The van der Waals surface area contributed by atoms with E-state index in [4.69, 9.17) is 18.9 Å². The van der Waals surface area contributed by atoms with E-state index in [9.17, 15) is 10.2 Å². The zero-order valence-electron chi connectivity index (χ0n) is 26.0. The van der Waals surface area contributed by atoms with Gasteiger partial charge in [-0.1, -0.05) is 24.3 Å². The second kappa shape index (κ2) is 12.4. The molecule has 1 saturated carbocycles. The lowest BCUT2D eigenvalue weighted by Crippen LogP contribution is -2.47. The predicted octanol–water partition coefficient (Wildman–Crippen LogP) is 4.16. The third-order valence-corrected chi connectivity index (χ3v) is 10.5. The van der Waals surface area contributed by atoms with Gasteiger partial charge in [-0.2, -0.15) is 0 Å². The molecule has 2 aliphatic heterocycles. The molecule has 2 saturated heterocycles. The van der Waals surface area contributed by atoms with Crippen LogP contribution in [0.15, 0.2) is 48.6 Å². The number of methoxy groups -OCH3 is 4. The van der Waals surface area contributed by atoms with Crippen molar-refractivity contribution in [3.05, 3.63) is 59.7 Å². The Hall–Kier alpha value is -2.78. The number of nitrogens with zero attached hydrogens (tertiary/aromatic N) is 2. The summed E-state index contributed by atoms with van der Waals surface area (Å²) in [6.45, 7) is 2.13. The number of likely N-dealkylation sites (tertiary alicyclic amines) is 2. The topological polar surface area (TPSA) is 83.9 Å². The Morgan fingerprint density at radius 1 is 0.690 bits per heavy atom. The summed E-state index contributed by atoms with van der Waals surface area (Å²) < 4.78 is 21.6. The Bertz CT molecular complexity index is 1270. The number of aliphatic hydroxyl groups excluding tert-OH is 2. The summed E-state index contributed by atoms with van der Waals surface area (Å²) in [6.07, 6.45) is 9.41. The molecule has 2 aromatic carbocycles. The molecular formula is C34H48N2O6. The van der Waals surface area contributed by atoms with Crippen molar-refractivity contribution in [2.24, 2.45) is 0 Å². The highest BCUT2D eigenvalue weighted by atomic mass is 16.5. The van der Waals surface area contributed by atoms with Gasteiger partial charge in [-0.05, 0) is 101 Å². The van der Waals surface area contributed by atoms with Gasteiger partial charge < -0.3 is 39.0 Å². The van der Waals surface area contributed by atoms with Gasteiger partial charge in [0.15, 0.2) is 23.0 Å². The fourth-order valence-corrected chi connectivity index (χ4v) is 8.05. The zero-order chi connectivity index (χ0) is 30.1. The van der Waals surface area contributed by atoms with Crippen LogP contribution in [0.4, 0.5) is 0 Å². The van der Waals surface area contributed by atoms with Crippen LogP contribution in [0.2, 0.25) is 0 Å². The van der Waals surface area contributed by atoms with Crippen LogP contribution in [0, 0.1) is 0 Å². The minimum atomic E-state index is -0.344. The van der Waals surface area contributed by atoms with Crippen molar-refractivity contribution in [1.82, 2.24) is 9.80 Å². The first-order valence-electron chi connectivity index (χ1n) is 15.1. The van der Waals surface area contributed by atoms with Gasteiger partial charge in [-0.3, -0.25) is 0 Å². The lowest BCUT2D eigenvalue weighted by molar-refractivity contribution is 0.0566.